The predicted octanol–water partition coefficient (Wildman–Crippen LogP) is 3.08. The summed E-state index contributed by atoms with van der Waals surface area (Å²) < 4.78 is 0. The molecule has 2 amide bonds. The third-order valence-corrected chi connectivity index (χ3v) is 3.59. The number of benzene rings is 1. The van der Waals surface area contributed by atoms with Crippen molar-refractivity contribution in [1.29, 1.82) is 0 Å². The average Bonchev–Trinajstić information content (AvgIpc) is 2.45. The molecular formula is C15H21ClN2O3. The van der Waals surface area contributed by atoms with Crippen molar-refractivity contribution in [3.63, 3.8) is 0 Å². The molecule has 0 saturated heterocycles. The summed E-state index contributed by atoms with van der Waals surface area (Å²) in [6.45, 7) is 3.88. The molecule has 1 aromatic rings. The van der Waals surface area contributed by atoms with Crippen LogP contribution in [-0.4, -0.2) is 46.5 Å². The van der Waals surface area contributed by atoms with E-state index in [0.29, 0.717) is 18.0 Å². The van der Waals surface area contributed by atoms with Gasteiger partial charge in [-0.25, -0.2) is 4.79 Å². The Hall–Kier alpha value is -1.75. The van der Waals surface area contributed by atoms with Gasteiger partial charge in [-0.3, -0.25) is 4.79 Å². The monoisotopic (exact) mass is 312 g/mol. The van der Waals surface area contributed by atoms with Gasteiger partial charge in [-0.05, 0) is 31.0 Å². The number of carbonyl (C=O) groups is 2. The SMILES string of the molecule is CCC(C)N(CC(=O)O)C(=O)N(C)Cc1ccc(Cl)cc1. The van der Waals surface area contributed by atoms with Gasteiger partial charge in [0.2, 0.25) is 0 Å². The van der Waals surface area contributed by atoms with Crippen LogP contribution in [0.25, 0.3) is 0 Å². The molecular weight excluding hydrogens is 292 g/mol. The maximum absolute atomic E-state index is 12.4. The van der Waals surface area contributed by atoms with Crippen molar-refractivity contribution in [1.82, 2.24) is 9.80 Å². The molecule has 0 saturated carbocycles. The maximum atomic E-state index is 12.4. The van der Waals surface area contributed by atoms with Crippen LogP contribution < -0.4 is 0 Å². The second-order valence-electron chi connectivity index (χ2n) is 5.04. The van der Waals surface area contributed by atoms with E-state index in [9.17, 15) is 9.59 Å². The largest absolute Gasteiger partial charge is 0.480 e. The summed E-state index contributed by atoms with van der Waals surface area (Å²) >= 11 is 5.82. The second kappa shape index (κ2) is 7.88. The maximum Gasteiger partial charge on any atom is 0.323 e. The quantitative estimate of drug-likeness (QED) is 0.878. The average molecular weight is 313 g/mol. The number of aliphatic carboxylic acids is 1. The predicted molar refractivity (Wildman–Crippen MR) is 82.4 cm³/mol. The zero-order valence-electron chi connectivity index (χ0n) is 12.5. The Bertz CT molecular complexity index is 490. The fraction of sp³-hybridized carbons (Fsp3) is 0.467. The van der Waals surface area contributed by atoms with Crippen molar-refractivity contribution < 1.29 is 14.7 Å². The molecule has 0 spiro atoms. The van der Waals surface area contributed by atoms with Crippen molar-refractivity contribution in [2.75, 3.05) is 13.6 Å². The van der Waals surface area contributed by atoms with E-state index in [0.717, 1.165) is 5.56 Å². The van der Waals surface area contributed by atoms with Crippen molar-refractivity contribution >= 4 is 23.6 Å². The summed E-state index contributed by atoms with van der Waals surface area (Å²) in [4.78, 5) is 26.2. The zero-order chi connectivity index (χ0) is 16.0. The Morgan fingerprint density at radius 2 is 1.86 bits per heavy atom. The molecule has 0 aliphatic heterocycles. The van der Waals surface area contributed by atoms with Crippen LogP contribution >= 0.6 is 11.6 Å². The summed E-state index contributed by atoms with van der Waals surface area (Å²) in [5.41, 5.74) is 0.940. The van der Waals surface area contributed by atoms with Gasteiger partial charge in [0, 0.05) is 24.7 Å². The van der Waals surface area contributed by atoms with E-state index in [4.69, 9.17) is 16.7 Å². The van der Waals surface area contributed by atoms with Gasteiger partial charge in [0.15, 0.2) is 0 Å². The van der Waals surface area contributed by atoms with Crippen LogP contribution in [0, 0.1) is 0 Å². The van der Waals surface area contributed by atoms with Crippen LogP contribution in [0.3, 0.4) is 0 Å². The highest BCUT2D eigenvalue weighted by molar-refractivity contribution is 6.30. The first-order valence-corrected chi connectivity index (χ1v) is 7.21. The molecule has 6 heteroatoms. The van der Waals surface area contributed by atoms with Gasteiger partial charge in [-0.1, -0.05) is 30.7 Å². The minimum atomic E-state index is -1.01. The molecule has 1 atom stereocenters. The van der Waals surface area contributed by atoms with Crippen LogP contribution in [0.5, 0.6) is 0 Å². The Morgan fingerprint density at radius 1 is 1.29 bits per heavy atom. The standard InChI is InChI=1S/C15H21ClN2O3/c1-4-11(2)18(10-14(19)20)15(21)17(3)9-12-5-7-13(16)8-6-12/h5-8,11H,4,9-10H2,1-3H3,(H,19,20). The van der Waals surface area contributed by atoms with Crippen molar-refractivity contribution in [3.8, 4) is 0 Å². The van der Waals surface area contributed by atoms with Crippen molar-refractivity contribution in [3.05, 3.63) is 34.9 Å². The molecule has 1 unspecified atom stereocenters. The van der Waals surface area contributed by atoms with Gasteiger partial charge >= 0.3 is 12.0 Å². The number of hydrogen-bond acceptors (Lipinski definition) is 2. The third-order valence-electron chi connectivity index (χ3n) is 3.33. The number of amides is 2. The van der Waals surface area contributed by atoms with E-state index in [1.165, 1.54) is 9.80 Å². The van der Waals surface area contributed by atoms with Gasteiger partial charge in [0.25, 0.3) is 0 Å². The molecule has 1 rings (SSSR count). The minimum Gasteiger partial charge on any atom is -0.480 e. The summed E-state index contributed by atoms with van der Waals surface area (Å²) in [5.74, 6) is -1.01. The Labute approximate surface area is 130 Å². The number of halogens is 1. The first-order chi connectivity index (χ1) is 9.85. The normalized spacial score (nSPS) is 11.8. The Morgan fingerprint density at radius 3 is 2.33 bits per heavy atom. The van der Waals surface area contributed by atoms with E-state index < -0.39 is 5.97 Å². The lowest BCUT2D eigenvalue weighted by Gasteiger charge is -2.31. The highest BCUT2D eigenvalue weighted by Gasteiger charge is 2.24. The van der Waals surface area contributed by atoms with E-state index in [2.05, 4.69) is 0 Å². The summed E-state index contributed by atoms with van der Waals surface area (Å²) in [7, 11) is 1.66. The fourth-order valence-electron chi connectivity index (χ4n) is 1.93. The molecule has 0 aliphatic carbocycles. The van der Waals surface area contributed by atoms with E-state index in [1.807, 2.05) is 26.0 Å². The molecule has 1 N–H and O–H groups in total. The van der Waals surface area contributed by atoms with E-state index in [-0.39, 0.29) is 18.6 Å². The molecule has 1 aromatic carbocycles. The highest BCUT2D eigenvalue weighted by atomic mass is 35.5. The molecule has 0 heterocycles. The smallest absolute Gasteiger partial charge is 0.323 e. The molecule has 0 bridgehead atoms. The Balaban J connectivity index is 2.77. The minimum absolute atomic E-state index is 0.124. The number of carboxylic acids is 1. The number of urea groups is 1. The van der Waals surface area contributed by atoms with Crippen LogP contribution in [0.15, 0.2) is 24.3 Å². The van der Waals surface area contributed by atoms with Crippen LogP contribution in [-0.2, 0) is 11.3 Å². The molecule has 0 aliphatic rings. The summed E-state index contributed by atoms with van der Waals surface area (Å²) in [6, 6.07) is 6.80. The van der Waals surface area contributed by atoms with Gasteiger partial charge < -0.3 is 14.9 Å². The van der Waals surface area contributed by atoms with Gasteiger partial charge in [0.05, 0.1) is 0 Å². The lowest BCUT2D eigenvalue weighted by atomic mass is 10.2. The summed E-state index contributed by atoms with van der Waals surface area (Å²) in [5, 5.41) is 9.59. The second-order valence-corrected chi connectivity index (χ2v) is 5.48. The fourth-order valence-corrected chi connectivity index (χ4v) is 2.05. The molecule has 0 aromatic heterocycles. The molecule has 21 heavy (non-hydrogen) atoms. The van der Waals surface area contributed by atoms with Gasteiger partial charge in [0.1, 0.15) is 6.54 Å². The first-order valence-electron chi connectivity index (χ1n) is 6.83. The molecule has 116 valence electrons. The third kappa shape index (κ3) is 5.27. The lowest BCUT2D eigenvalue weighted by Crippen LogP contribution is -2.47. The van der Waals surface area contributed by atoms with E-state index in [1.54, 1.807) is 19.2 Å². The summed E-state index contributed by atoms with van der Waals surface area (Å²) in [6.07, 6.45) is 0.702. The lowest BCUT2D eigenvalue weighted by molar-refractivity contribution is -0.138. The van der Waals surface area contributed by atoms with E-state index >= 15 is 0 Å². The highest BCUT2D eigenvalue weighted by Crippen LogP contribution is 2.13. The van der Waals surface area contributed by atoms with Gasteiger partial charge in [-0.2, -0.15) is 0 Å². The van der Waals surface area contributed by atoms with Crippen molar-refractivity contribution in [2.45, 2.75) is 32.9 Å². The van der Waals surface area contributed by atoms with Crippen LogP contribution in [0.1, 0.15) is 25.8 Å². The Kier molecular flexibility index (Phi) is 6.49. The van der Waals surface area contributed by atoms with Crippen LogP contribution in [0.4, 0.5) is 4.79 Å². The molecule has 0 radical (unpaired) electrons. The topological polar surface area (TPSA) is 60.9 Å². The first kappa shape index (κ1) is 17.3. The number of carbonyl (C=O) groups excluding carboxylic acids is 1. The zero-order valence-corrected chi connectivity index (χ0v) is 13.3. The van der Waals surface area contributed by atoms with Crippen LogP contribution in [0.2, 0.25) is 5.02 Å². The number of rotatable bonds is 6. The number of hydrogen-bond donors (Lipinski definition) is 1. The van der Waals surface area contributed by atoms with Gasteiger partial charge in [-0.15, -0.1) is 0 Å². The molecule has 0 fully saturated rings. The number of nitrogens with zero attached hydrogens (tertiary/aromatic N) is 2. The molecule has 5 nitrogen and oxygen atoms in total. The van der Waals surface area contributed by atoms with Crippen molar-refractivity contribution in [2.24, 2.45) is 0 Å². The number of carboxylic acid groups (broad SMARTS) is 1.